The summed E-state index contributed by atoms with van der Waals surface area (Å²) in [6.45, 7) is 13.6. The van der Waals surface area contributed by atoms with Crippen LogP contribution in [0.25, 0.3) is 11.0 Å². The Kier molecular flexibility index (Phi) is 8.59. The minimum Gasteiger partial charge on any atom is -0.462 e. The standard InChI is InChI=1S/C24H35N5O4S/c1-6-29-19-9-8-17(22(32)33-7-2)14-18(19)25-23(29)34-16-21(31)28-12-10-27(11-13-28)15-20(30)26-24(3,4)5/h8-9,14H,6-7,10-13,15-16H2,1-5H3,(H,26,30). The fourth-order valence-electron chi connectivity index (χ4n) is 3.90. The summed E-state index contributed by atoms with van der Waals surface area (Å²) in [6, 6.07) is 5.36. The number of nitrogens with one attached hydrogen (secondary N) is 1. The maximum absolute atomic E-state index is 12.8. The average molecular weight is 490 g/mol. The van der Waals surface area contributed by atoms with Crippen molar-refractivity contribution in [3.63, 3.8) is 0 Å². The SMILES string of the molecule is CCOC(=O)c1ccc2c(c1)nc(SCC(=O)N1CCN(CC(=O)NC(C)(C)C)CC1)n2CC. The van der Waals surface area contributed by atoms with Gasteiger partial charge in [-0.05, 0) is 52.8 Å². The number of thioether (sulfide) groups is 1. The van der Waals surface area contributed by atoms with Crippen molar-refractivity contribution in [3.8, 4) is 0 Å². The van der Waals surface area contributed by atoms with Crippen molar-refractivity contribution in [1.82, 2.24) is 24.7 Å². The molecular weight excluding hydrogens is 454 g/mol. The van der Waals surface area contributed by atoms with Crippen molar-refractivity contribution in [1.29, 1.82) is 0 Å². The van der Waals surface area contributed by atoms with Gasteiger partial charge in [0.05, 0.1) is 35.5 Å². The molecule has 3 rings (SSSR count). The number of esters is 1. The van der Waals surface area contributed by atoms with Crippen LogP contribution < -0.4 is 5.32 Å². The molecule has 0 saturated carbocycles. The molecule has 2 aromatic rings. The van der Waals surface area contributed by atoms with Gasteiger partial charge in [0.25, 0.3) is 0 Å². The number of aryl methyl sites for hydroxylation is 1. The van der Waals surface area contributed by atoms with Crippen LogP contribution in [0, 0.1) is 0 Å². The van der Waals surface area contributed by atoms with Gasteiger partial charge in [0.15, 0.2) is 5.16 Å². The zero-order valence-electron chi connectivity index (χ0n) is 20.7. The summed E-state index contributed by atoms with van der Waals surface area (Å²) >= 11 is 1.41. The number of aromatic nitrogens is 2. The number of carbonyl (C=O) groups excluding carboxylic acids is 3. The van der Waals surface area contributed by atoms with E-state index in [1.165, 1.54) is 11.8 Å². The molecule has 2 heterocycles. The van der Waals surface area contributed by atoms with Crippen LogP contribution in [0.15, 0.2) is 23.4 Å². The molecule has 0 bridgehead atoms. The molecule has 10 heteroatoms. The lowest BCUT2D eigenvalue weighted by Crippen LogP contribution is -2.53. The number of ether oxygens (including phenoxy) is 1. The number of piperazine rings is 1. The van der Waals surface area contributed by atoms with E-state index in [-0.39, 0.29) is 23.3 Å². The van der Waals surface area contributed by atoms with E-state index in [1.54, 1.807) is 19.1 Å². The molecule has 9 nitrogen and oxygen atoms in total. The second-order valence-electron chi connectivity index (χ2n) is 9.31. The predicted octanol–water partition coefficient (Wildman–Crippen LogP) is 2.38. The molecule has 0 aliphatic carbocycles. The van der Waals surface area contributed by atoms with Gasteiger partial charge in [0.2, 0.25) is 11.8 Å². The number of fused-ring (bicyclic) bond motifs is 1. The Morgan fingerprint density at radius 2 is 1.82 bits per heavy atom. The first-order chi connectivity index (χ1) is 16.1. The van der Waals surface area contributed by atoms with E-state index >= 15 is 0 Å². The Morgan fingerprint density at radius 3 is 2.44 bits per heavy atom. The van der Waals surface area contributed by atoms with E-state index in [0.29, 0.717) is 62.7 Å². The second-order valence-corrected chi connectivity index (χ2v) is 10.2. The van der Waals surface area contributed by atoms with Crippen LogP contribution in [0.4, 0.5) is 0 Å². The third kappa shape index (κ3) is 6.73. The maximum atomic E-state index is 12.8. The molecule has 1 aromatic carbocycles. The number of nitrogens with zero attached hydrogens (tertiary/aromatic N) is 4. The van der Waals surface area contributed by atoms with Crippen LogP contribution in [-0.2, 0) is 20.9 Å². The van der Waals surface area contributed by atoms with Gasteiger partial charge in [-0.15, -0.1) is 0 Å². The third-order valence-electron chi connectivity index (χ3n) is 5.47. The highest BCUT2D eigenvalue weighted by molar-refractivity contribution is 7.99. The van der Waals surface area contributed by atoms with Crippen LogP contribution in [-0.4, -0.2) is 87.8 Å². The highest BCUT2D eigenvalue weighted by Crippen LogP contribution is 2.25. The van der Waals surface area contributed by atoms with E-state index in [0.717, 1.165) is 10.7 Å². The number of amides is 2. The zero-order valence-corrected chi connectivity index (χ0v) is 21.5. The van der Waals surface area contributed by atoms with E-state index in [2.05, 4.69) is 15.2 Å². The first kappa shape index (κ1) is 26.0. The number of hydrogen-bond acceptors (Lipinski definition) is 7. The lowest BCUT2D eigenvalue weighted by Gasteiger charge is -2.34. The molecule has 1 aromatic heterocycles. The largest absolute Gasteiger partial charge is 0.462 e. The van der Waals surface area contributed by atoms with Gasteiger partial charge in [-0.2, -0.15) is 0 Å². The van der Waals surface area contributed by atoms with E-state index in [9.17, 15) is 14.4 Å². The summed E-state index contributed by atoms with van der Waals surface area (Å²) in [5, 5.41) is 3.73. The molecular formula is C24H35N5O4S. The Labute approximate surface area is 205 Å². The maximum Gasteiger partial charge on any atom is 0.338 e. The van der Waals surface area contributed by atoms with Gasteiger partial charge in [-0.25, -0.2) is 9.78 Å². The predicted molar refractivity (Wildman–Crippen MR) is 133 cm³/mol. The molecule has 1 fully saturated rings. The minimum atomic E-state index is -0.366. The third-order valence-corrected chi connectivity index (χ3v) is 6.43. The first-order valence-electron chi connectivity index (χ1n) is 11.7. The smallest absolute Gasteiger partial charge is 0.338 e. The topological polar surface area (TPSA) is 96.8 Å². The molecule has 186 valence electrons. The van der Waals surface area contributed by atoms with Gasteiger partial charge < -0.3 is 19.5 Å². The number of benzene rings is 1. The van der Waals surface area contributed by atoms with Crippen LogP contribution in [0.1, 0.15) is 45.0 Å². The Bertz CT molecular complexity index is 1040. The monoisotopic (exact) mass is 489 g/mol. The molecule has 1 aliphatic rings. The second kappa shape index (κ2) is 11.2. The molecule has 0 atom stereocenters. The summed E-state index contributed by atoms with van der Waals surface area (Å²) < 4.78 is 7.13. The minimum absolute atomic E-state index is 0.00687. The van der Waals surface area contributed by atoms with E-state index in [4.69, 9.17) is 4.74 Å². The molecule has 2 amide bonds. The van der Waals surface area contributed by atoms with E-state index < -0.39 is 0 Å². The van der Waals surface area contributed by atoms with Gasteiger partial charge in [-0.1, -0.05) is 11.8 Å². The molecule has 0 radical (unpaired) electrons. The lowest BCUT2D eigenvalue weighted by molar-refractivity contribution is -0.130. The highest BCUT2D eigenvalue weighted by Gasteiger charge is 2.24. The van der Waals surface area contributed by atoms with Gasteiger partial charge in [-0.3, -0.25) is 14.5 Å². The summed E-state index contributed by atoms with van der Waals surface area (Å²) in [5.41, 5.74) is 1.86. The van der Waals surface area contributed by atoms with Crippen LogP contribution in [0.2, 0.25) is 0 Å². The first-order valence-corrected chi connectivity index (χ1v) is 12.7. The number of rotatable bonds is 8. The molecule has 1 saturated heterocycles. The van der Waals surface area contributed by atoms with Crippen molar-refractivity contribution in [2.75, 3.05) is 45.1 Å². The summed E-state index contributed by atoms with van der Waals surface area (Å²) in [4.78, 5) is 45.6. The van der Waals surface area contributed by atoms with Crippen LogP contribution in [0.5, 0.6) is 0 Å². The normalized spacial score (nSPS) is 14.9. The summed E-state index contributed by atoms with van der Waals surface area (Å²) in [5.74, 6) is -0.00792. The van der Waals surface area contributed by atoms with Crippen LogP contribution in [0.3, 0.4) is 0 Å². The van der Waals surface area contributed by atoms with Gasteiger partial charge in [0, 0.05) is 38.3 Å². The average Bonchev–Trinajstić information content (AvgIpc) is 3.13. The van der Waals surface area contributed by atoms with Crippen LogP contribution >= 0.6 is 11.8 Å². The van der Waals surface area contributed by atoms with Crippen molar-refractivity contribution in [3.05, 3.63) is 23.8 Å². The lowest BCUT2D eigenvalue weighted by atomic mass is 10.1. The molecule has 0 spiro atoms. The number of carbonyl (C=O) groups is 3. The molecule has 34 heavy (non-hydrogen) atoms. The quantitative estimate of drug-likeness (QED) is 0.449. The zero-order chi connectivity index (χ0) is 24.9. The van der Waals surface area contributed by atoms with Crippen molar-refractivity contribution in [2.45, 2.75) is 51.9 Å². The molecule has 0 unspecified atom stereocenters. The Morgan fingerprint density at radius 1 is 1.12 bits per heavy atom. The molecule has 1 N–H and O–H groups in total. The van der Waals surface area contributed by atoms with Gasteiger partial charge >= 0.3 is 5.97 Å². The Hall–Kier alpha value is -2.59. The fourth-order valence-corrected chi connectivity index (χ4v) is 4.88. The summed E-state index contributed by atoms with van der Waals surface area (Å²) in [6.07, 6.45) is 0. The van der Waals surface area contributed by atoms with Crippen molar-refractivity contribution >= 4 is 40.6 Å². The summed E-state index contributed by atoms with van der Waals surface area (Å²) in [7, 11) is 0. The number of imidazole rings is 1. The highest BCUT2D eigenvalue weighted by atomic mass is 32.2. The Balaban J connectivity index is 1.56. The molecule has 1 aliphatic heterocycles. The van der Waals surface area contributed by atoms with E-state index in [1.807, 2.05) is 43.2 Å². The number of hydrogen-bond donors (Lipinski definition) is 1. The fraction of sp³-hybridized carbons (Fsp3) is 0.583. The van der Waals surface area contributed by atoms with Crippen molar-refractivity contribution in [2.24, 2.45) is 0 Å². The van der Waals surface area contributed by atoms with Crippen molar-refractivity contribution < 1.29 is 19.1 Å². The van der Waals surface area contributed by atoms with Gasteiger partial charge in [0.1, 0.15) is 0 Å².